The molecule has 3 rings (SSSR count). The van der Waals surface area contributed by atoms with Crippen LogP contribution in [-0.4, -0.2) is 68.4 Å². The molecule has 0 bridgehead atoms. The quantitative estimate of drug-likeness (QED) is 0.375. The maximum atomic E-state index is 12.1. The van der Waals surface area contributed by atoms with E-state index < -0.39 is 36.0 Å². The molecule has 1 amide bonds. The molecular weight excluding hydrogens is 432 g/mol. The summed E-state index contributed by atoms with van der Waals surface area (Å²) >= 11 is 0. The van der Waals surface area contributed by atoms with E-state index >= 15 is 0 Å². The number of esters is 1. The van der Waals surface area contributed by atoms with Gasteiger partial charge in [-0.05, 0) is 25.5 Å². The van der Waals surface area contributed by atoms with Crippen LogP contribution >= 0.6 is 0 Å². The number of amides is 1. The maximum absolute atomic E-state index is 12.1. The number of aromatic nitrogens is 3. The minimum absolute atomic E-state index is 0.195. The van der Waals surface area contributed by atoms with Crippen LogP contribution in [0.2, 0.25) is 0 Å². The Hall–Kier alpha value is -2.76. The number of aliphatic hydroxyl groups is 2. The van der Waals surface area contributed by atoms with Gasteiger partial charge in [0.15, 0.2) is 5.82 Å². The van der Waals surface area contributed by atoms with Gasteiger partial charge in [-0.15, -0.1) is 0 Å². The molecule has 0 aliphatic carbocycles. The van der Waals surface area contributed by atoms with Crippen LogP contribution in [0, 0.1) is 5.92 Å². The van der Waals surface area contributed by atoms with Crippen molar-refractivity contribution in [3.05, 3.63) is 24.2 Å². The van der Waals surface area contributed by atoms with Crippen LogP contribution in [0.5, 0.6) is 0 Å². The van der Waals surface area contributed by atoms with E-state index in [1.165, 1.54) is 10.8 Å². The van der Waals surface area contributed by atoms with Gasteiger partial charge in [0.2, 0.25) is 0 Å². The average molecular weight is 465 g/mol. The third-order valence-electron chi connectivity index (χ3n) is 5.69. The summed E-state index contributed by atoms with van der Waals surface area (Å²) in [6.45, 7) is 7.20. The lowest BCUT2D eigenvalue weighted by molar-refractivity contribution is -0.155. The molecule has 1 aliphatic rings. The normalized spacial score (nSPS) is 24.9. The molecule has 0 unspecified atom stereocenters. The Morgan fingerprint density at radius 3 is 2.73 bits per heavy atom. The Morgan fingerprint density at radius 1 is 1.27 bits per heavy atom. The summed E-state index contributed by atoms with van der Waals surface area (Å²) in [7, 11) is 0. The van der Waals surface area contributed by atoms with Crippen molar-refractivity contribution in [1.29, 1.82) is 0 Å². The molecule has 33 heavy (non-hydrogen) atoms. The maximum Gasteiger partial charge on any atom is 0.412 e. The van der Waals surface area contributed by atoms with Crippen molar-refractivity contribution in [3.8, 4) is 0 Å². The number of nitrogens with zero attached hydrogens (tertiary/aromatic N) is 3. The molecule has 0 spiro atoms. The number of anilines is 1. The van der Waals surface area contributed by atoms with E-state index in [2.05, 4.69) is 22.3 Å². The summed E-state index contributed by atoms with van der Waals surface area (Å²) < 4.78 is 17.8. The largest absolute Gasteiger partial charge is 0.463 e. The van der Waals surface area contributed by atoms with E-state index in [1.54, 1.807) is 32.9 Å². The standard InChI is InChI=1S/C22H32N4O7/c1-5-6-7-10-31-21(30)25-19-14-8-9-16(26(14)24-12-23-19)22(4)18(28)17(27)15(33-22)11-32-20(29)13(2)3/h8-9,12-13,15,17-18,27-28H,5-7,10-11H2,1-4H3,(H,23,24,25,30)/t15-,17-,18-,22+/m1/s1. The van der Waals surface area contributed by atoms with Gasteiger partial charge >= 0.3 is 12.1 Å². The number of rotatable bonds is 9. The number of hydrogen-bond donors (Lipinski definition) is 3. The van der Waals surface area contributed by atoms with Crippen LogP contribution in [-0.2, 0) is 24.6 Å². The third-order valence-corrected chi connectivity index (χ3v) is 5.69. The Labute approximate surface area is 192 Å². The van der Waals surface area contributed by atoms with Crippen molar-refractivity contribution in [3.63, 3.8) is 0 Å². The van der Waals surface area contributed by atoms with Gasteiger partial charge in [0.1, 0.15) is 42.4 Å². The van der Waals surface area contributed by atoms with Crippen molar-refractivity contribution in [2.45, 2.75) is 70.9 Å². The molecule has 182 valence electrons. The Kier molecular flexibility index (Phi) is 7.88. The van der Waals surface area contributed by atoms with Crippen molar-refractivity contribution in [2.24, 2.45) is 5.92 Å². The van der Waals surface area contributed by atoms with Gasteiger partial charge in [-0.3, -0.25) is 10.1 Å². The molecule has 4 atom stereocenters. The van der Waals surface area contributed by atoms with Crippen molar-refractivity contribution < 1.29 is 34.0 Å². The first kappa shape index (κ1) is 24.9. The van der Waals surface area contributed by atoms with E-state index in [4.69, 9.17) is 14.2 Å². The fourth-order valence-electron chi connectivity index (χ4n) is 3.71. The van der Waals surface area contributed by atoms with Crippen molar-refractivity contribution in [2.75, 3.05) is 18.5 Å². The van der Waals surface area contributed by atoms with E-state index in [1.807, 2.05) is 0 Å². The molecular formula is C22H32N4O7. The zero-order valence-corrected chi connectivity index (χ0v) is 19.4. The van der Waals surface area contributed by atoms with Gasteiger partial charge in [0, 0.05) is 0 Å². The van der Waals surface area contributed by atoms with Crippen LogP contribution in [0.3, 0.4) is 0 Å². The summed E-state index contributed by atoms with van der Waals surface area (Å²) in [4.78, 5) is 28.0. The first-order valence-electron chi connectivity index (χ1n) is 11.2. The second-order valence-corrected chi connectivity index (χ2v) is 8.58. The number of ether oxygens (including phenoxy) is 3. The molecule has 3 N–H and O–H groups in total. The molecule has 11 nitrogen and oxygen atoms in total. The van der Waals surface area contributed by atoms with Gasteiger partial charge < -0.3 is 24.4 Å². The highest BCUT2D eigenvalue weighted by molar-refractivity contribution is 5.88. The number of unbranched alkanes of at least 4 members (excludes halogenated alkanes) is 2. The summed E-state index contributed by atoms with van der Waals surface area (Å²) in [5.74, 6) is -0.516. The van der Waals surface area contributed by atoms with E-state index in [9.17, 15) is 19.8 Å². The molecule has 1 saturated heterocycles. The Balaban J connectivity index is 1.77. The molecule has 11 heteroatoms. The van der Waals surface area contributed by atoms with Gasteiger partial charge in [0.05, 0.1) is 18.2 Å². The molecule has 2 aromatic heterocycles. The topological polar surface area (TPSA) is 145 Å². The second-order valence-electron chi connectivity index (χ2n) is 8.58. The summed E-state index contributed by atoms with van der Waals surface area (Å²) in [6, 6.07) is 3.34. The summed E-state index contributed by atoms with van der Waals surface area (Å²) in [6.07, 6.45) is -0.110. The Morgan fingerprint density at radius 2 is 2.03 bits per heavy atom. The number of carbonyl (C=O) groups excluding carboxylic acids is 2. The molecule has 3 heterocycles. The highest BCUT2D eigenvalue weighted by atomic mass is 16.6. The molecule has 1 aliphatic heterocycles. The van der Waals surface area contributed by atoms with Gasteiger partial charge in [-0.1, -0.05) is 33.6 Å². The summed E-state index contributed by atoms with van der Waals surface area (Å²) in [5.41, 5.74) is -0.463. The zero-order valence-electron chi connectivity index (χ0n) is 19.4. The van der Waals surface area contributed by atoms with E-state index in [-0.39, 0.29) is 18.3 Å². The first-order chi connectivity index (χ1) is 15.7. The van der Waals surface area contributed by atoms with Gasteiger partial charge in [0.25, 0.3) is 0 Å². The monoisotopic (exact) mass is 464 g/mol. The SMILES string of the molecule is CCCCCOC(=O)Nc1ncnn2c([C@]3(C)O[C@H](COC(=O)C(C)C)[C@@H](O)[C@H]3O)ccc12. The predicted octanol–water partition coefficient (Wildman–Crippen LogP) is 2.00. The second kappa shape index (κ2) is 10.4. The first-order valence-corrected chi connectivity index (χ1v) is 11.2. The third kappa shape index (κ3) is 5.26. The smallest absolute Gasteiger partial charge is 0.412 e. The number of nitrogens with one attached hydrogen (secondary N) is 1. The van der Waals surface area contributed by atoms with Crippen molar-refractivity contribution >= 4 is 23.4 Å². The number of carbonyl (C=O) groups is 2. The molecule has 0 radical (unpaired) electrons. The molecule has 0 aromatic carbocycles. The van der Waals surface area contributed by atoms with E-state index in [0.29, 0.717) is 17.8 Å². The van der Waals surface area contributed by atoms with Crippen LogP contribution in [0.15, 0.2) is 18.5 Å². The van der Waals surface area contributed by atoms with Crippen LogP contribution in [0.25, 0.3) is 5.52 Å². The number of hydrogen-bond acceptors (Lipinski definition) is 9. The van der Waals surface area contributed by atoms with Crippen LogP contribution in [0.1, 0.15) is 52.7 Å². The van der Waals surface area contributed by atoms with E-state index in [0.717, 1.165) is 19.3 Å². The fraction of sp³-hybridized carbons (Fsp3) is 0.636. The van der Waals surface area contributed by atoms with Crippen LogP contribution in [0.4, 0.5) is 10.6 Å². The number of fused-ring (bicyclic) bond motifs is 1. The molecule has 2 aromatic rings. The minimum atomic E-state index is -1.35. The predicted molar refractivity (Wildman–Crippen MR) is 118 cm³/mol. The van der Waals surface area contributed by atoms with Gasteiger partial charge in [-0.2, -0.15) is 5.10 Å². The molecule has 1 fully saturated rings. The average Bonchev–Trinajstić information content (AvgIpc) is 3.32. The minimum Gasteiger partial charge on any atom is -0.463 e. The molecule has 0 saturated carbocycles. The summed E-state index contributed by atoms with van der Waals surface area (Å²) in [5, 5.41) is 28.1. The lowest BCUT2D eigenvalue weighted by Gasteiger charge is -2.27. The lowest BCUT2D eigenvalue weighted by atomic mass is 9.93. The van der Waals surface area contributed by atoms with Crippen LogP contribution < -0.4 is 5.32 Å². The zero-order chi connectivity index (χ0) is 24.2. The fourth-order valence-corrected chi connectivity index (χ4v) is 3.71. The number of aliphatic hydroxyl groups excluding tert-OH is 2. The lowest BCUT2D eigenvalue weighted by Crippen LogP contribution is -2.39. The van der Waals surface area contributed by atoms with Crippen molar-refractivity contribution in [1.82, 2.24) is 14.6 Å². The van der Waals surface area contributed by atoms with Gasteiger partial charge in [-0.25, -0.2) is 14.3 Å². The highest BCUT2D eigenvalue weighted by Crippen LogP contribution is 2.40. The Bertz CT molecular complexity index is 979. The highest BCUT2D eigenvalue weighted by Gasteiger charge is 2.54.